The van der Waals surface area contributed by atoms with Crippen LogP contribution in [-0.4, -0.2) is 37.2 Å². The van der Waals surface area contributed by atoms with Crippen LogP contribution < -0.4 is 0 Å². The monoisotopic (exact) mass is 1100 g/mol. The van der Waals surface area contributed by atoms with Crippen LogP contribution in [0.5, 0.6) is 0 Å². The van der Waals surface area contributed by atoms with E-state index in [1.807, 2.05) is 0 Å². The van der Waals surface area contributed by atoms with Gasteiger partial charge < -0.3 is 14.2 Å². The molecular formula is C72H140O6. The molecule has 464 valence electrons. The number of carbonyl (C=O) groups excluding carboxylic acids is 3. The molecular weight excluding hydrogens is 961 g/mol. The average molecular weight is 1100 g/mol. The molecule has 0 radical (unpaired) electrons. The maximum absolute atomic E-state index is 12.9. The zero-order chi connectivity index (χ0) is 56.4. The summed E-state index contributed by atoms with van der Waals surface area (Å²) in [5.41, 5.74) is 0. The van der Waals surface area contributed by atoms with Crippen LogP contribution >= 0.6 is 0 Å². The van der Waals surface area contributed by atoms with Crippen molar-refractivity contribution < 1.29 is 28.6 Å². The number of esters is 3. The number of unbranched alkanes of at least 4 members (excludes halogenated alkanes) is 57. The van der Waals surface area contributed by atoms with Crippen molar-refractivity contribution in [2.45, 2.75) is 431 Å². The Morgan fingerprint density at radius 3 is 0.513 bits per heavy atom. The molecule has 0 aliphatic heterocycles. The molecule has 0 rings (SSSR count). The van der Waals surface area contributed by atoms with Gasteiger partial charge in [0.2, 0.25) is 0 Å². The van der Waals surface area contributed by atoms with Crippen molar-refractivity contribution in [1.82, 2.24) is 0 Å². The van der Waals surface area contributed by atoms with E-state index in [9.17, 15) is 14.4 Å². The molecule has 1 unspecified atom stereocenters. The molecule has 0 saturated heterocycles. The summed E-state index contributed by atoms with van der Waals surface area (Å²) in [5, 5.41) is 0. The average Bonchev–Trinajstić information content (AvgIpc) is 3.44. The maximum Gasteiger partial charge on any atom is 0.306 e. The molecule has 0 aromatic carbocycles. The van der Waals surface area contributed by atoms with E-state index in [1.54, 1.807) is 0 Å². The summed E-state index contributed by atoms with van der Waals surface area (Å²) in [7, 11) is 0. The second-order valence-corrected chi connectivity index (χ2v) is 24.9. The summed E-state index contributed by atoms with van der Waals surface area (Å²) in [4.78, 5) is 38.1. The van der Waals surface area contributed by atoms with Crippen molar-refractivity contribution in [2.24, 2.45) is 0 Å². The lowest BCUT2D eigenvalue weighted by Crippen LogP contribution is -2.30. The molecule has 0 aliphatic rings. The highest BCUT2D eigenvalue weighted by atomic mass is 16.6. The van der Waals surface area contributed by atoms with Crippen LogP contribution in [0.2, 0.25) is 0 Å². The predicted octanol–water partition coefficient (Wildman–Crippen LogP) is 24.6. The third kappa shape index (κ3) is 65.2. The van der Waals surface area contributed by atoms with Crippen LogP contribution in [0.4, 0.5) is 0 Å². The van der Waals surface area contributed by atoms with Crippen LogP contribution in [0, 0.1) is 0 Å². The number of ether oxygens (including phenoxy) is 3. The topological polar surface area (TPSA) is 78.9 Å². The highest BCUT2D eigenvalue weighted by Gasteiger charge is 2.19. The minimum atomic E-state index is -0.761. The van der Waals surface area contributed by atoms with Gasteiger partial charge in [0.25, 0.3) is 0 Å². The smallest absolute Gasteiger partial charge is 0.306 e. The standard InChI is InChI=1S/C72H140O6/c1-4-7-10-13-16-18-20-22-24-26-28-30-32-34-36-38-40-42-44-46-48-50-52-54-56-59-62-65-71(74)77-68-69(67-76-70(73)64-61-58-15-12-9-6-3)78-72(75)66-63-60-57-55-53-51-49-47-45-43-41-39-37-35-33-31-29-27-25-23-21-19-17-14-11-8-5-2/h69H,4-68H2,1-3H3. The van der Waals surface area contributed by atoms with Gasteiger partial charge in [0.1, 0.15) is 13.2 Å². The minimum Gasteiger partial charge on any atom is -0.462 e. The maximum atomic E-state index is 12.9. The van der Waals surface area contributed by atoms with Gasteiger partial charge in [-0.3, -0.25) is 14.4 Å². The van der Waals surface area contributed by atoms with Gasteiger partial charge in [0.15, 0.2) is 6.10 Å². The van der Waals surface area contributed by atoms with Gasteiger partial charge >= 0.3 is 17.9 Å². The molecule has 6 heteroatoms. The van der Waals surface area contributed by atoms with E-state index in [0.717, 1.165) is 57.8 Å². The molecule has 0 N–H and O–H groups in total. The van der Waals surface area contributed by atoms with Gasteiger partial charge in [0, 0.05) is 19.3 Å². The van der Waals surface area contributed by atoms with E-state index in [0.29, 0.717) is 19.3 Å². The van der Waals surface area contributed by atoms with Crippen molar-refractivity contribution in [1.29, 1.82) is 0 Å². The van der Waals surface area contributed by atoms with Crippen LogP contribution in [-0.2, 0) is 28.6 Å². The van der Waals surface area contributed by atoms with Gasteiger partial charge in [-0.15, -0.1) is 0 Å². The Labute approximate surface area is 488 Å². The molecule has 1 atom stereocenters. The fourth-order valence-electron chi connectivity index (χ4n) is 11.5. The van der Waals surface area contributed by atoms with Gasteiger partial charge in [-0.2, -0.15) is 0 Å². The summed E-state index contributed by atoms with van der Waals surface area (Å²) in [5.74, 6) is -0.836. The number of carbonyl (C=O) groups is 3. The predicted molar refractivity (Wildman–Crippen MR) is 340 cm³/mol. The Morgan fingerprint density at radius 2 is 0.346 bits per heavy atom. The summed E-state index contributed by atoms with van der Waals surface area (Å²) in [6.07, 6.45) is 80.5. The van der Waals surface area contributed by atoms with E-state index in [1.165, 1.54) is 327 Å². The second kappa shape index (κ2) is 67.9. The first-order valence-electron chi connectivity index (χ1n) is 36.0. The van der Waals surface area contributed by atoms with Crippen LogP contribution in [0.1, 0.15) is 425 Å². The fraction of sp³-hybridized carbons (Fsp3) is 0.958. The first kappa shape index (κ1) is 76.4. The Kier molecular flexibility index (Phi) is 66.5. The molecule has 0 amide bonds. The Morgan fingerprint density at radius 1 is 0.205 bits per heavy atom. The molecule has 0 saturated carbocycles. The van der Waals surface area contributed by atoms with Crippen molar-refractivity contribution in [3.05, 3.63) is 0 Å². The quantitative estimate of drug-likeness (QED) is 0.0343. The van der Waals surface area contributed by atoms with Gasteiger partial charge in [-0.1, -0.05) is 387 Å². The number of hydrogen-bond acceptors (Lipinski definition) is 6. The van der Waals surface area contributed by atoms with Crippen LogP contribution in [0.25, 0.3) is 0 Å². The minimum absolute atomic E-state index is 0.0616. The lowest BCUT2D eigenvalue weighted by atomic mass is 10.0. The van der Waals surface area contributed by atoms with Crippen molar-refractivity contribution >= 4 is 17.9 Å². The SMILES string of the molecule is CCCCCCCCCCCCCCCCCCCCCCCCCCCCCC(=O)OCC(COC(=O)CCCCCCCC)OC(=O)CCCCCCCCCCCCCCCCCCCCCCCCCCCCC. The first-order valence-corrected chi connectivity index (χ1v) is 36.0. The fourth-order valence-corrected chi connectivity index (χ4v) is 11.5. The van der Waals surface area contributed by atoms with E-state index < -0.39 is 6.10 Å². The van der Waals surface area contributed by atoms with Crippen molar-refractivity contribution in [3.8, 4) is 0 Å². The zero-order valence-electron chi connectivity index (χ0n) is 53.5. The molecule has 6 nitrogen and oxygen atoms in total. The Bertz CT molecular complexity index is 1170. The molecule has 0 aliphatic carbocycles. The molecule has 0 bridgehead atoms. The second-order valence-electron chi connectivity index (χ2n) is 24.9. The highest BCUT2D eigenvalue weighted by Crippen LogP contribution is 2.20. The van der Waals surface area contributed by atoms with E-state index in [-0.39, 0.29) is 31.1 Å². The molecule has 0 heterocycles. The third-order valence-corrected chi connectivity index (χ3v) is 16.9. The van der Waals surface area contributed by atoms with Gasteiger partial charge in [-0.05, 0) is 19.3 Å². The largest absolute Gasteiger partial charge is 0.462 e. The zero-order valence-corrected chi connectivity index (χ0v) is 53.5. The molecule has 0 spiro atoms. The van der Waals surface area contributed by atoms with E-state index in [2.05, 4.69) is 20.8 Å². The normalized spacial score (nSPS) is 11.9. The van der Waals surface area contributed by atoms with Crippen LogP contribution in [0.3, 0.4) is 0 Å². The Hall–Kier alpha value is -1.59. The van der Waals surface area contributed by atoms with E-state index in [4.69, 9.17) is 14.2 Å². The number of rotatable bonds is 68. The molecule has 0 fully saturated rings. The first-order chi connectivity index (χ1) is 38.5. The molecule has 0 aromatic rings. The molecule has 78 heavy (non-hydrogen) atoms. The van der Waals surface area contributed by atoms with Gasteiger partial charge in [0.05, 0.1) is 0 Å². The van der Waals surface area contributed by atoms with Crippen LogP contribution in [0.15, 0.2) is 0 Å². The van der Waals surface area contributed by atoms with Gasteiger partial charge in [-0.25, -0.2) is 0 Å². The third-order valence-electron chi connectivity index (χ3n) is 16.9. The Balaban J connectivity index is 3.93. The molecule has 0 aromatic heterocycles. The summed E-state index contributed by atoms with van der Waals surface area (Å²) >= 11 is 0. The summed E-state index contributed by atoms with van der Waals surface area (Å²) in [6, 6.07) is 0. The van der Waals surface area contributed by atoms with E-state index >= 15 is 0 Å². The lowest BCUT2D eigenvalue weighted by molar-refractivity contribution is -0.167. The summed E-state index contributed by atoms with van der Waals surface area (Å²) < 4.78 is 16.9. The summed E-state index contributed by atoms with van der Waals surface area (Å²) in [6.45, 7) is 6.68. The number of hydrogen-bond donors (Lipinski definition) is 0. The highest BCUT2D eigenvalue weighted by molar-refractivity contribution is 5.71. The van der Waals surface area contributed by atoms with Crippen molar-refractivity contribution in [3.63, 3.8) is 0 Å². The lowest BCUT2D eigenvalue weighted by Gasteiger charge is -2.18. The van der Waals surface area contributed by atoms with Crippen molar-refractivity contribution in [2.75, 3.05) is 13.2 Å².